The van der Waals surface area contributed by atoms with Gasteiger partial charge < -0.3 is 15.2 Å². The zero-order valence-electron chi connectivity index (χ0n) is 11.2. The molecule has 110 valence electrons. The summed E-state index contributed by atoms with van der Waals surface area (Å²) in [7, 11) is 0. The highest BCUT2D eigenvalue weighted by atomic mass is 16.5. The predicted molar refractivity (Wildman–Crippen MR) is 73.9 cm³/mol. The fourth-order valence-electron chi connectivity index (χ4n) is 2.11. The van der Waals surface area contributed by atoms with Crippen LogP contribution < -0.4 is 10.1 Å². The van der Waals surface area contributed by atoms with Gasteiger partial charge in [0.05, 0.1) is 11.7 Å². The summed E-state index contributed by atoms with van der Waals surface area (Å²) in [6.07, 6.45) is 0.838. The zero-order chi connectivity index (χ0) is 15.2. The lowest BCUT2D eigenvalue weighted by Crippen LogP contribution is -2.25. The van der Waals surface area contributed by atoms with Gasteiger partial charge in [0, 0.05) is 11.3 Å². The number of amides is 1. The van der Waals surface area contributed by atoms with Crippen LogP contribution in [-0.2, 0) is 9.59 Å². The molecule has 0 bridgehead atoms. The molecule has 0 aromatic heterocycles. The van der Waals surface area contributed by atoms with Crippen LogP contribution in [0.15, 0.2) is 23.3 Å². The van der Waals surface area contributed by atoms with Gasteiger partial charge in [-0.25, -0.2) is 0 Å². The summed E-state index contributed by atoms with van der Waals surface area (Å²) in [5, 5.41) is 15.0. The van der Waals surface area contributed by atoms with Crippen molar-refractivity contribution in [1.82, 2.24) is 0 Å². The zero-order valence-corrected chi connectivity index (χ0v) is 11.2. The van der Waals surface area contributed by atoms with Crippen LogP contribution in [0.25, 0.3) is 10.4 Å². The highest BCUT2D eigenvalue weighted by molar-refractivity contribution is 5.95. The third-order valence-electron chi connectivity index (χ3n) is 3.08. The van der Waals surface area contributed by atoms with Crippen molar-refractivity contribution in [3.8, 4) is 5.75 Å². The molecule has 1 aliphatic rings. The van der Waals surface area contributed by atoms with Gasteiger partial charge >= 0.3 is 5.97 Å². The van der Waals surface area contributed by atoms with Crippen LogP contribution in [0.1, 0.15) is 30.9 Å². The van der Waals surface area contributed by atoms with E-state index in [9.17, 15) is 9.59 Å². The van der Waals surface area contributed by atoms with Gasteiger partial charge in [0.2, 0.25) is 0 Å². The van der Waals surface area contributed by atoms with Crippen LogP contribution in [0.3, 0.4) is 0 Å². The maximum atomic E-state index is 11.3. The summed E-state index contributed by atoms with van der Waals surface area (Å²) >= 11 is 0. The quantitative estimate of drug-likeness (QED) is 0.474. The Morgan fingerprint density at radius 1 is 1.57 bits per heavy atom. The Balaban J connectivity index is 2.16. The molecular weight excluding hydrogens is 276 g/mol. The number of carbonyl (C=O) groups excluding carboxylic acids is 1. The molecule has 8 nitrogen and oxygen atoms in total. The number of carbonyl (C=O) groups is 2. The number of aliphatic carboxylic acids is 1. The predicted octanol–water partition coefficient (Wildman–Crippen LogP) is 2.62. The number of azide groups is 1. The Bertz CT molecular complexity index is 610. The van der Waals surface area contributed by atoms with E-state index in [2.05, 4.69) is 15.3 Å². The molecule has 1 amide bonds. The van der Waals surface area contributed by atoms with Gasteiger partial charge in [-0.2, -0.15) is 0 Å². The van der Waals surface area contributed by atoms with Crippen molar-refractivity contribution < 1.29 is 19.4 Å². The molecule has 21 heavy (non-hydrogen) atoms. The summed E-state index contributed by atoms with van der Waals surface area (Å²) in [4.78, 5) is 24.6. The van der Waals surface area contributed by atoms with E-state index in [-0.39, 0.29) is 18.9 Å². The minimum atomic E-state index is -0.888. The number of fused-ring (bicyclic) bond motifs is 1. The van der Waals surface area contributed by atoms with E-state index in [0.717, 1.165) is 0 Å². The first kappa shape index (κ1) is 14.7. The molecule has 1 aromatic carbocycles. The summed E-state index contributed by atoms with van der Waals surface area (Å²) in [6.45, 7) is -0.0231. The molecule has 0 aliphatic carbocycles. The monoisotopic (exact) mass is 290 g/mol. The lowest BCUT2D eigenvalue weighted by atomic mass is 10.0. The largest absolute Gasteiger partial charge is 0.482 e. The average Bonchev–Trinajstić information content (AvgIpc) is 2.45. The molecule has 1 aliphatic heterocycles. The molecule has 0 radical (unpaired) electrons. The molecule has 0 spiro atoms. The molecular formula is C13H14N4O4. The average molecular weight is 290 g/mol. The Morgan fingerprint density at radius 3 is 3.10 bits per heavy atom. The van der Waals surface area contributed by atoms with E-state index in [1.165, 1.54) is 0 Å². The Labute approximate surface area is 120 Å². The normalized spacial score (nSPS) is 14.2. The lowest BCUT2D eigenvalue weighted by Gasteiger charge is -2.20. The van der Waals surface area contributed by atoms with E-state index in [1.54, 1.807) is 18.2 Å². The molecule has 2 rings (SSSR count). The first-order valence-corrected chi connectivity index (χ1v) is 6.42. The van der Waals surface area contributed by atoms with Gasteiger partial charge in [-0.05, 0) is 36.1 Å². The summed E-state index contributed by atoms with van der Waals surface area (Å²) in [5.74, 6) is -0.574. The second-order valence-corrected chi connectivity index (χ2v) is 4.60. The van der Waals surface area contributed by atoms with Gasteiger partial charge in [-0.3, -0.25) is 9.59 Å². The minimum Gasteiger partial charge on any atom is -0.482 e. The fourth-order valence-corrected chi connectivity index (χ4v) is 2.11. The van der Waals surface area contributed by atoms with E-state index in [4.69, 9.17) is 15.4 Å². The first-order valence-electron chi connectivity index (χ1n) is 6.42. The number of hydrogen-bond acceptors (Lipinski definition) is 4. The lowest BCUT2D eigenvalue weighted by molar-refractivity contribution is -0.137. The third-order valence-corrected chi connectivity index (χ3v) is 3.08. The maximum absolute atomic E-state index is 11.3. The van der Waals surface area contributed by atoms with Gasteiger partial charge in [0.1, 0.15) is 5.75 Å². The number of rotatable bonds is 6. The van der Waals surface area contributed by atoms with Crippen LogP contribution >= 0.6 is 0 Å². The van der Waals surface area contributed by atoms with Crippen LogP contribution in [0, 0.1) is 0 Å². The number of nitrogens with one attached hydrogen (secondary N) is 1. The van der Waals surface area contributed by atoms with Crippen molar-refractivity contribution in [2.45, 2.75) is 25.3 Å². The van der Waals surface area contributed by atoms with Crippen molar-refractivity contribution in [3.05, 3.63) is 34.2 Å². The molecule has 1 atom stereocenters. The Morgan fingerprint density at radius 2 is 2.38 bits per heavy atom. The SMILES string of the molecule is [N-]=[N+]=NC(CCCC(=O)O)c1ccc2c(c1)NC(=O)CO2. The van der Waals surface area contributed by atoms with Crippen LogP contribution in [-0.4, -0.2) is 23.6 Å². The fraction of sp³-hybridized carbons (Fsp3) is 0.385. The van der Waals surface area contributed by atoms with Crippen LogP contribution in [0.4, 0.5) is 5.69 Å². The standard InChI is InChI=1S/C13H14N4O4/c14-17-16-9(2-1-3-13(19)20)8-4-5-11-10(6-8)15-12(18)7-21-11/h4-6,9H,1-3,7H2,(H,15,18)(H,19,20). The number of carboxylic acid groups (broad SMARTS) is 1. The van der Waals surface area contributed by atoms with Crippen molar-refractivity contribution in [1.29, 1.82) is 0 Å². The summed E-state index contributed by atoms with van der Waals surface area (Å²) in [6, 6.07) is 4.66. The molecule has 1 heterocycles. The molecule has 0 saturated carbocycles. The number of carboxylic acids is 1. The minimum absolute atomic E-state index is 0.0161. The number of ether oxygens (including phenoxy) is 1. The number of hydrogen-bond donors (Lipinski definition) is 2. The van der Waals surface area contributed by atoms with Crippen LogP contribution in [0.5, 0.6) is 5.75 Å². The van der Waals surface area contributed by atoms with E-state index in [1.807, 2.05) is 0 Å². The Hall–Kier alpha value is -2.73. The van der Waals surface area contributed by atoms with Gasteiger partial charge in [-0.1, -0.05) is 11.2 Å². The third kappa shape index (κ3) is 3.87. The van der Waals surface area contributed by atoms with E-state index in [0.29, 0.717) is 29.8 Å². The van der Waals surface area contributed by atoms with Crippen molar-refractivity contribution in [3.63, 3.8) is 0 Å². The van der Waals surface area contributed by atoms with E-state index < -0.39 is 12.0 Å². The number of benzene rings is 1. The molecule has 2 N–H and O–H groups in total. The summed E-state index contributed by atoms with van der Waals surface area (Å²) < 4.78 is 5.25. The molecule has 8 heteroatoms. The Kier molecular flexibility index (Phi) is 4.63. The molecule has 0 fully saturated rings. The number of anilines is 1. The second kappa shape index (κ2) is 6.62. The van der Waals surface area contributed by atoms with E-state index >= 15 is 0 Å². The number of nitrogens with zero attached hydrogens (tertiary/aromatic N) is 3. The first-order chi connectivity index (χ1) is 10.1. The summed E-state index contributed by atoms with van der Waals surface area (Å²) in [5.41, 5.74) is 9.87. The molecule has 1 unspecified atom stereocenters. The highest BCUT2D eigenvalue weighted by Crippen LogP contribution is 2.33. The van der Waals surface area contributed by atoms with Crippen molar-refractivity contribution in [2.75, 3.05) is 11.9 Å². The molecule has 0 saturated heterocycles. The van der Waals surface area contributed by atoms with Crippen LogP contribution in [0.2, 0.25) is 0 Å². The smallest absolute Gasteiger partial charge is 0.303 e. The highest BCUT2D eigenvalue weighted by Gasteiger charge is 2.18. The second-order valence-electron chi connectivity index (χ2n) is 4.60. The van der Waals surface area contributed by atoms with Crippen molar-refractivity contribution in [2.24, 2.45) is 5.11 Å². The van der Waals surface area contributed by atoms with Gasteiger partial charge in [0.25, 0.3) is 5.91 Å². The van der Waals surface area contributed by atoms with Gasteiger partial charge in [0.15, 0.2) is 6.61 Å². The van der Waals surface area contributed by atoms with Gasteiger partial charge in [-0.15, -0.1) is 0 Å². The topological polar surface area (TPSA) is 124 Å². The van der Waals surface area contributed by atoms with Crippen molar-refractivity contribution >= 4 is 17.6 Å². The maximum Gasteiger partial charge on any atom is 0.303 e. The molecule has 1 aromatic rings.